The lowest BCUT2D eigenvalue weighted by atomic mass is 10.00. The van der Waals surface area contributed by atoms with Crippen LogP contribution in [0.3, 0.4) is 0 Å². The summed E-state index contributed by atoms with van der Waals surface area (Å²) in [5, 5.41) is 18.0. The van der Waals surface area contributed by atoms with Gasteiger partial charge in [-0.05, 0) is 31.0 Å². The van der Waals surface area contributed by atoms with Crippen LogP contribution in [0.4, 0.5) is 18.0 Å². The quantitative estimate of drug-likeness (QED) is 0.892. The Labute approximate surface area is 136 Å². The Balaban J connectivity index is 1.81. The van der Waals surface area contributed by atoms with E-state index < -0.39 is 23.9 Å². The van der Waals surface area contributed by atoms with E-state index in [4.69, 9.17) is 10.00 Å². The number of piperidine rings is 1. The van der Waals surface area contributed by atoms with Crippen molar-refractivity contribution in [3.63, 3.8) is 0 Å². The number of nitriles is 1. The summed E-state index contributed by atoms with van der Waals surface area (Å²) < 4.78 is 45.1. The third kappa shape index (κ3) is 2.98. The number of rotatable bonds is 2. The van der Waals surface area contributed by atoms with Gasteiger partial charge >= 0.3 is 12.3 Å². The van der Waals surface area contributed by atoms with Crippen molar-refractivity contribution in [2.24, 2.45) is 0 Å². The molecule has 0 aliphatic carbocycles. The smallest absolute Gasteiger partial charge is 0.420 e. The molecule has 8 heteroatoms. The van der Waals surface area contributed by atoms with Gasteiger partial charge in [0.05, 0.1) is 17.2 Å². The zero-order chi connectivity index (χ0) is 17.5. The van der Waals surface area contributed by atoms with Gasteiger partial charge in [0, 0.05) is 24.9 Å². The highest BCUT2D eigenvalue weighted by Crippen LogP contribution is 2.41. The van der Waals surface area contributed by atoms with Crippen LogP contribution in [0.15, 0.2) is 18.2 Å². The maximum absolute atomic E-state index is 13.2. The molecule has 2 unspecified atom stereocenters. The first-order chi connectivity index (χ1) is 11.3. The number of halogens is 3. The first-order valence-electron chi connectivity index (χ1n) is 7.59. The van der Waals surface area contributed by atoms with Crippen LogP contribution in [0.1, 0.15) is 36.8 Å². The summed E-state index contributed by atoms with van der Waals surface area (Å²) >= 11 is 0. The molecule has 3 rings (SSSR count). The SMILES string of the molecule is N#Cc1ccc(OC2CC3CCC(C2)N3C(=O)O)c(C(F)(F)F)c1. The van der Waals surface area contributed by atoms with E-state index in [2.05, 4.69) is 0 Å². The van der Waals surface area contributed by atoms with E-state index >= 15 is 0 Å². The van der Waals surface area contributed by atoms with Gasteiger partial charge in [-0.1, -0.05) is 0 Å². The van der Waals surface area contributed by atoms with Gasteiger partial charge in [0.1, 0.15) is 11.9 Å². The number of hydrogen-bond acceptors (Lipinski definition) is 3. The minimum Gasteiger partial charge on any atom is -0.490 e. The molecular formula is C16H15F3N2O3. The van der Waals surface area contributed by atoms with Gasteiger partial charge in [0.15, 0.2) is 0 Å². The fourth-order valence-electron chi connectivity index (χ4n) is 3.64. The molecule has 2 heterocycles. The molecule has 2 aliphatic heterocycles. The number of carbonyl (C=O) groups is 1. The molecule has 1 aromatic rings. The summed E-state index contributed by atoms with van der Waals surface area (Å²) in [6, 6.07) is 4.48. The minimum atomic E-state index is -4.62. The topological polar surface area (TPSA) is 73.6 Å². The first-order valence-corrected chi connectivity index (χ1v) is 7.59. The third-order valence-electron chi connectivity index (χ3n) is 4.62. The Morgan fingerprint density at radius 1 is 1.29 bits per heavy atom. The number of nitrogens with zero attached hydrogens (tertiary/aromatic N) is 2. The van der Waals surface area contributed by atoms with Gasteiger partial charge in [0.2, 0.25) is 0 Å². The van der Waals surface area contributed by atoms with Crippen LogP contribution in [-0.4, -0.2) is 34.3 Å². The number of hydrogen-bond donors (Lipinski definition) is 1. The van der Waals surface area contributed by atoms with E-state index in [-0.39, 0.29) is 23.4 Å². The van der Waals surface area contributed by atoms with Crippen LogP contribution < -0.4 is 4.74 Å². The number of benzene rings is 1. The van der Waals surface area contributed by atoms with Crippen LogP contribution in [0.25, 0.3) is 0 Å². The van der Waals surface area contributed by atoms with Crippen LogP contribution in [-0.2, 0) is 6.18 Å². The summed E-state index contributed by atoms with van der Waals surface area (Å²) in [6.07, 6.45) is -3.92. The molecule has 0 radical (unpaired) electrons. The van der Waals surface area contributed by atoms with E-state index in [0.717, 1.165) is 12.1 Å². The Morgan fingerprint density at radius 3 is 2.42 bits per heavy atom. The van der Waals surface area contributed by atoms with Crippen molar-refractivity contribution >= 4 is 6.09 Å². The molecule has 1 aromatic carbocycles. The molecule has 2 atom stereocenters. The summed E-state index contributed by atoms with van der Waals surface area (Å²) in [4.78, 5) is 12.6. The highest BCUT2D eigenvalue weighted by molar-refractivity contribution is 5.66. The van der Waals surface area contributed by atoms with Gasteiger partial charge in [-0.2, -0.15) is 18.4 Å². The molecule has 128 valence electrons. The van der Waals surface area contributed by atoms with E-state index in [0.29, 0.717) is 25.7 Å². The van der Waals surface area contributed by atoms with Gasteiger partial charge in [0.25, 0.3) is 0 Å². The number of carboxylic acid groups (broad SMARTS) is 1. The molecule has 0 saturated carbocycles. The van der Waals surface area contributed by atoms with Crippen molar-refractivity contribution in [3.05, 3.63) is 29.3 Å². The van der Waals surface area contributed by atoms with Crippen LogP contribution >= 0.6 is 0 Å². The number of alkyl halides is 3. The van der Waals surface area contributed by atoms with Crippen molar-refractivity contribution in [2.45, 2.75) is 50.0 Å². The Morgan fingerprint density at radius 2 is 1.92 bits per heavy atom. The fourth-order valence-corrected chi connectivity index (χ4v) is 3.64. The molecule has 1 amide bonds. The molecule has 2 saturated heterocycles. The average molecular weight is 340 g/mol. The lowest BCUT2D eigenvalue weighted by molar-refractivity contribution is -0.139. The maximum Gasteiger partial charge on any atom is 0.420 e. The Bertz CT molecular complexity index is 685. The fraction of sp³-hybridized carbons (Fsp3) is 0.500. The summed E-state index contributed by atoms with van der Waals surface area (Å²) in [5.74, 6) is -0.310. The van der Waals surface area contributed by atoms with E-state index in [9.17, 15) is 23.1 Å². The maximum atomic E-state index is 13.2. The van der Waals surface area contributed by atoms with Crippen molar-refractivity contribution in [2.75, 3.05) is 0 Å². The largest absolute Gasteiger partial charge is 0.490 e. The zero-order valence-corrected chi connectivity index (χ0v) is 12.6. The van der Waals surface area contributed by atoms with E-state index in [1.807, 2.05) is 0 Å². The second kappa shape index (κ2) is 5.89. The van der Waals surface area contributed by atoms with Gasteiger partial charge in [-0.25, -0.2) is 4.79 Å². The summed E-state index contributed by atoms with van der Waals surface area (Å²) in [5.41, 5.74) is -1.06. The predicted octanol–water partition coefficient (Wildman–Crippen LogP) is 3.63. The number of amides is 1. The molecule has 0 aromatic heterocycles. The van der Waals surface area contributed by atoms with Crippen LogP contribution in [0.5, 0.6) is 5.75 Å². The van der Waals surface area contributed by atoms with Gasteiger partial charge < -0.3 is 14.7 Å². The highest BCUT2D eigenvalue weighted by atomic mass is 19.4. The molecule has 5 nitrogen and oxygen atoms in total. The highest BCUT2D eigenvalue weighted by Gasteiger charge is 2.45. The molecule has 1 N–H and O–H groups in total. The molecule has 2 aliphatic rings. The van der Waals surface area contributed by atoms with E-state index in [1.165, 1.54) is 11.0 Å². The standard InChI is InChI=1S/C16H15F3N2O3/c17-16(18,19)13-5-9(8-20)1-4-14(13)24-12-6-10-2-3-11(7-12)21(10)15(22)23/h1,4-5,10-12H,2-3,6-7H2,(H,22,23). The Hall–Kier alpha value is -2.43. The minimum absolute atomic E-state index is 0.0876. The number of ether oxygens (including phenoxy) is 1. The van der Waals surface area contributed by atoms with Crippen LogP contribution in [0, 0.1) is 11.3 Å². The summed E-state index contributed by atoms with van der Waals surface area (Å²) in [6.45, 7) is 0. The monoisotopic (exact) mass is 340 g/mol. The van der Waals surface area contributed by atoms with E-state index in [1.54, 1.807) is 6.07 Å². The lowest BCUT2D eigenvalue weighted by Gasteiger charge is -2.37. The molecule has 2 fully saturated rings. The second-order valence-electron chi connectivity index (χ2n) is 6.11. The van der Waals surface area contributed by atoms with Gasteiger partial charge in [-0.3, -0.25) is 0 Å². The normalized spacial score (nSPS) is 26.1. The average Bonchev–Trinajstić information content (AvgIpc) is 2.78. The first kappa shape index (κ1) is 16.4. The molecule has 24 heavy (non-hydrogen) atoms. The third-order valence-corrected chi connectivity index (χ3v) is 4.62. The Kier molecular flexibility index (Phi) is 4.03. The van der Waals surface area contributed by atoms with Gasteiger partial charge in [-0.15, -0.1) is 0 Å². The lowest BCUT2D eigenvalue weighted by Crippen LogP contribution is -2.48. The summed E-state index contributed by atoms with van der Waals surface area (Å²) in [7, 11) is 0. The molecular weight excluding hydrogens is 325 g/mol. The van der Waals surface area contributed by atoms with Crippen LogP contribution in [0.2, 0.25) is 0 Å². The number of fused-ring (bicyclic) bond motifs is 2. The second-order valence-corrected chi connectivity index (χ2v) is 6.11. The van der Waals surface area contributed by atoms with Crippen molar-refractivity contribution in [1.29, 1.82) is 5.26 Å². The zero-order valence-electron chi connectivity index (χ0n) is 12.6. The predicted molar refractivity (Wildman–Crippen MR) is 76.5 cm³/mol. The van der Waals surface area contributed by atoms with Crippen molar-refractivity contribution < 1.29 is 27.8 Å². The molecule has 2 bridgehead atoms. The van der Waals surface area contributed by atoms with Crippen molar-refractivity contribution in [3.8, 4) is 11.8 Å². The van der Waals surface area contributed by atoms with Crippen molar-refractivity contribution in [1.82, 2.24) is 4.90 Å². The molecule has 0 spiro atoms.